The van der Waals surface area contributed by atoms with Gasteiger partial charge in [0, 0.05) is 12.6 Å². The van der Waals surface area contributed by atoms with Crippen molar-refractivity contribution in [3.8, 4) is 0 Å². The van der Waals surface area contributed by atoms with Crippen LogP contribution >= 0.6 is 0 Å². The zero-order valence-corrected chi connectivity index (χ0v) is 18.1. The quantitative estimate of drug-likeness (QED) is 0.344. The predicted molar refractivity (Wildman–Crippen MR) is 125 cm³/mol. The number of rotatable bonds is 8. The summed E-state index contributed by atoms with van der Waals surface area (Å²) in [7, 11) is 1.87. The van der Waals surface area contributed by atoms with Gasteiger partial charge in [-0.05, 0) is 98.6 Å². The third kappa shape index (κ3) is 5.66. The molecule has 0 aliphatic rings. The fraction of sp³-hybridized carbons (Fsp3) is 0.296. The molecule has 0 heterocycles. The highest BCUT2D eigenvalue weighted by atomic mass is 14.7. The van der Waals surface area contributed by atoms with Gasteiger partial charge in [0.05, 0.1) is 5.71 Å². The lowest BCUT2D eigenvalue weighted by molar-refractivity contribution is 0.817. The van der Waals surface area contributed by atoms with Crippen LogP contribution in [0.3, 0.4) is 0 Å². The Morgan fingerprint density at radius 1 is 1.04 bits per heavy atom. The lowest BCUT2D eigenvalue weighted by Crippen LogP contribution is -2.02. The number of hydrogen-bond acceptors (Lipinski definition) is 1. The number of nitrogens with zero attached hydrogens (tertiary/aromatic N) is 1. The van der Waals surface area contributed by atoms with Gasteiger partial charge in [0.2, 0.25) is 0 Å². The number of aliphatic imine (C=N–C) groups is 1. The van der Waals surface area contributed by atoms with E-state index in [-0.39, 0.29) is 0 Å². The van der Waals surface area contributed by atoms with Crippen LogP contribution in [-0.4, -0.2) is 12.8 Å². The van der Waals surface area contributed by atoms with E-state index >= 15 is 0 Å². The molecule has 146 valence electrons. The Balaban J connectivity index is 2.15. The molecule has 1 heteroatoms. The molecule has 1 nitrogen and oxygen atoms in total. The first-order valence-corrected chi connectivity index (χ1v) is 9.98. The molecule has 0 saturated carbocycles. The van der Waals surface area contributed by atoms with Crippen molar-refractivity contribution in [2.45, 2.75) is 47.0 Å². The molecule has 2 aromatic carbocycles. The maximum atomic E-state index is 4.57. The monoisotopic (exact) mass is 371 g/mol. The summed E-state index contributed by atoms with van der Waals surface area (Å²) in [6.07, 6.45) is 7.25. The smallest absolute Gasteiger partial charge is 0.0646 e. The van der Waals surface area contributed by atoms with Crippen LogP contribution in [0.15, 0.2) is 71.8 Å². The van der Waals surface area contributed by atoms with E-state index in [0.29, 0.717) is 0 Å². The number of hydrogen-bond donors (Lipinski definition) is 0. The average molecular weight is 372 g/mol. The molecule has 0 aliphatic heterocycles. The Labute approximate surface area is 171 Å². The van der Waals surface area contributed by atoms with E-state index in [9.17, 15) is 0 Å². The van der Waals surface area contributed by atoms with Crippen LogP contribution in [0.1, 0.15) is 53.1 Å². The summed E-state index contributed by atoms with van der Waals surface area (Å²) in [5.41, 5.74) is 11.1. The zero-order chi connectivity index (χ0) is 20.7. The maximum absolute atomic E-state index is 4.57. The minimum Gasteiger partial charge on any atom is -0.288 e. The largest absolute Gasteiger partial charge is 0.288 e. The van der Waals surface area contributed by atoms with E-state index in [2.05, 4.69) is 88.3 Å². The van der Waals surface area contributed by atoms with Crippen molar-refractivity contribution in [2.24, 2.45) is 4.99 Å². The fourth-order valence-electron chi connectivity index (χ4n) is 3.34. The normalized spacial score (nSPS) is 12.2. The van der Waals surface area contributed by atoms with E-state index in [0.717, 1.165) is 30.5 Å². The van der Waals surface area contributed by atoms with Gasteiger partial charge in [-0.1, -0.05) is 49.1 Å². The van der Waals surface area contributed by atoms with Gasteiger partial charge in [-0.25, -0.2) is 0 Å². The molecule has 28 heavy (non-hydrogen) atoms. The van der Waals surface area contributed by atoms with Crippen molar-refractivity contribution in [2.75, 3.05) is 7.05 Å². The summed E-state index contributed by atoms with van der Waals surface area (Å²) in [4.78, 5) is 4.57. The summed E-state index contributed by atoms with van der Waals surface area (Å²) in [5.74, 6) is 0. The minimum atomic E-state index is 1.00. The highest BCUT2D eigenvalue weighted by Crippen LogP contribution is 2.21. The highest BCUT2D eigenvalue weighted by Gasteiger charge is 2.08. The van der Waals surface area contributed by atoms with E-state index in [1.165, 1.54) is 39.0 Å². The Hall–Kier alpha value is -2.67. The number of aryl methyl sites for hydroxylation is 3. The molecule has 0 saturated heterocycles. The van der Waals surface area contributed by atoms with Crippen LogP contribution in [0, 0.1) is 20.8 Å². The van der Waals surface area contributed by atoms with Crippen LogP contribution in [-0.2, 0) is 6.42 Å². The second-order valence-corrected chi connectivity index (χ2v) is 7.59. The Morgan fingerprint density at radius 2 is 1.64 bits per heavy atom. The lowest BCUT2D eigenvalue weighted by atomic mass is 9.94. The van der Waals surface area contributed by atoms with Gasteiger partial charge in [-0.15, -0.1) is 0 Å². The first-order chi connectivity index (χ1) is 13.3. The van der Waals surface area contributed by atoms with Gasteiger partial charge in [0.25, 0.3) is 0 Å². The van der Waals surface area contributed by atoms with Crippen LogP contribution in [0.25, 0.3) is 6.08 Å². The molecule has 2 rings (SSSR count). The summed E-state index contributed by atoms with van der Waals surface area (Å²) >= 11 is 0. The molecule has 0 aromatic heterocycles. The van der Waals surface area contributed by atoms with E-state index in [1.807, 2.05) is 13.1 Å². The molecular formula is C27H33N. The number of allylic oxidation sites excluding steroid dienone is 3. The lowest BCUT2D eigenvalue weighted by Gasteiger charge is -2.12. The van der Waals surface area contributed by atoms with E-state index in [1.54, 1.807) is 0 Å². The van der Waals surface area contributed by atoms with Gasteiger partial charge < -0.3 is 0 Å². The van der Waals surface area contributed by atoms with Crippen molar-refractivity contribution < 1.29 is 0 Å². The van der Waals surface area contributed by atoms with Crippen LogP contribution < -0.4 is 0 Å². The molecule has 0 atom stereocenters. The first kappa shape index (κ1) is 21.6. The molecule has 0 radical (unpaired) electrons. The molecule has 0 spiro atoms. The topological polar surface area (TPSA) is 12.4 Å². The third-order valence-electron chi connectivity index (χ3n) is 5.45. The molecule has 2 aromatic rings. The first-order valence-electron chi connectivity index (χ1n) is 9.98. The third-order valence-corrected chi connectivity index (χ3v) is 5.45. The van der Waals surface area contributed by atoms with E-state index in [4.69, 9.17) is 0 Å². The van der Waals surface area contributed by atoms with Crippen molar-refractivity contribution in [1.29, 1.82) is 0 Å². The standard InChI is InChI=1S/C27H33N/c1-8-23-12-14-24(15-13-23)10-9-11-25(19(2)3)18-27(28-7)26-16-20(4)22(6)21(5)17-26/h8,12-18H,1-2,9-11H2,3-7H3/b25-18-,28-27?. The average Bonchev–Trinajstić information content (AvgIpc) is 2.68. The van der Waals surface area contributed by atoms with Crippen molar-refractivity contribution in [3.63, 3.8) is 0 Å². The molecular weight excluding hydrogens is 338 g/mol. The highest BCUT2D eigenvalue weighted by molar-refractivity contribution is 6.09. The summed E-state index contributed by atoms with van der Waals surface area (Å²) < 4.78 is 0. The van der Waals surface area contributed by atoms with Gasteiger partial charge >= 0.3 is 0 Å². The van der Waals surface area contributed by atoms with Gasteiger partial charge in [-0.3, -0.25) is 4.99 Å². The minimum absolute atomic E-state index is 1.00. The Morgan fingerprint density at radius 3 is 2.14 bits per heavy atom. The second-order valence-electron chi connectivity index (χ2n) is 7.59. The molecule has 0 aliphatic carbocycles. The summed E-state index contributed by atoms with van der Waals surface area (Å²) in [6, 6.07) is 13.1. The SMILES string of the molecule is C=Cc1ccc(CCC/C(=C/C(=NC)c2cc(C)c(C)c(C)c2)C(=C)C)cc1. The number of benzene rings is 2. The molecule has 0 N–H and O–H groups in total. The van der Waals surface area contributed by atoms with Gasteiger partial charge in [-0.2, -0.15) is 0 Å². The van der Waals surface area contributed by atoms with Crippen LogP contribution in [0.2, 0.25) is 0 Å². The maximum Gasteiger partial charge on any atom is 0.0646 e. The van der Waals surface area contributed by atoms with Crippen LogP contribution in [0.4, 0.5) is 0 Å². The zero-order valence-electron chi connectivity index (χ0n) is 18.1. The van der Waals surface area contributed by atoms with Crippen molar-refractivity contribution >= 4 is 11.8 Å². The molecule has 0 unspecified atom stereocenters. The van der Waals surface area contributed by atoms with Gasteiger partial charge in [0.15, 0.2) is 0 Å². The summed E-state index contributed by atoms with van der Waals surface area (Å²) in [6.45, 7) is 16.6. The van der Waals surface area contributed by atoms with Crippen molar-refractivity contribution in [3.05, 3.63) is 100 Å². The second kappa shape index (κ2) is 10.0. The molecule has 0 fully saturated rings. The van der Waals surface area contributed by atoms with Gasteiger partial charge in [0.1, 0.15) is 0 Å². The summed E-state index contributed by atoms with van der Waals surface area (Å²) in [5, 5.41) is 0. The Bertz CT molecular complexity index is 885. The molecule has 0 amide bonds. The Kier molecular flexibility index (Phi) is 7.75. The van der Waals surface area contributed by atoms with Crippen LogP contribution in [0.5, 0.6) is 0 Å². The fourth-order valence-corrected chi connectivity index (χ4v) is 3.34. The predicted octanol–water partition coefficient (Wildman–Crippen LogP) is 7.20. The van der Waals surface area contributed by atoms with Crippen molar-refractivity contribution in [1.82, 2.24) is 0 Å². The van der Waals surface area contributed by atoms with E-state index < -0.39 is 0 Å². The molecule has 0 bridgehead atoms.